The van der Waals surface area contributed by atoms with E-state index in [-0.39, 0.29) is 18.4 Å². The van der Waals surface area contributed by atoms with Crippen molar-refractivity contribution in [1.29, 1.82) is 0 Å². The summed E-state index contributed by atoms with van der Waals surface area (Å²) in [6.07, 6.45) is 0.937. The summed E-state index contributed by atoms with van der Waals surface area (Å²) < 4.78 is 1.83. The highest BCUT2D eigenvalue weighted by molar-refractivity contribution is 5.84. The van der Waals surface area contributed by atoms with Gasteiger partial charge in [0.15, 0.2) is 5.65 Å². The molecule has 0 radical (unpaired) electrons. The highest BCUT2D eigenvalue weighted by Gasteiger charge is 2.17. The number of rotatable bonds is 7. The Bertz CT molecular complexity index is 781. The summed E-state index contributed by atoms with van der Waals surface area (Å²) in [5.41, 5.74) is 4.72. The number of nitrogens with one attached hydrogen (secondary N) is 1. The molecule has 0 aliphatic heterocycles. The van der Waals surface area contributed by atoms with Gasteiger partial charge in [0.1, 0.15) is 0 Å². The van der Waals surface area contributed by atoms with Crippen molar-refractivity contribution in [2.45, 2.75) is 47.5 Å². The average Bonchev–Trinajstić information content (AvgIpc) is 2.92. The molecule has 7 nitrogen and oxygen atoms in total. The molecule has 2 aromatic heterocycles. The molecule has 0 aromatic carbocycles. The van der Waals surface area contributed by atoms with E-state index in [4.69, 9.17) is 0 Å². The Hall–Kier alpha value is -2.44. The summed E-state index contributed by atoms with van der Waals surface area (Å²) in [5, 5.41) is 7.18. The molecule has 2 rings (SSSR count). The summed E-state index contributed by atoms with van der Waals surface area (Å²) in [4.78, 5) is 30.4. The maximum absolute atomic E-state index is 12.5. The van der Waals surface area contributed by atoms with E-state index in [0.717, 1.165) is 28.3 Å². The van der Waals surface area contributed by atoms with E-state index in [1.165, 1.54) is 0 Å². The van der Waals surface area contributed by atoms with Crippen molar-refractivity contribution in [2.24, 2.45) is 0 Å². The SMILES string of the molecule is CCNC(=O)CN(CC)C(=O)CCc1c(C)nc2cc(C)nn2c1C. The Labute approximate surface area is 148 Å². The van der Waals surface area contributed by atoms with E-state index in [9.17, 15) is 9.59 Å². The zero-order valence-electron chi connectivity index (χ0n) is 15.7. The number of fused-ring (bicyclic) bond motifs is 1. The molecule has 0 bridgehead atoms. The minimum absolute atomic E-state index is 0.0238. The van der Waals surface area contributed by atoms with Crippen LogP contribution < -0.4 is 5.32 Å². The number of carbonyl (C=O) groups is 2. The van der Waals surface area contributed by atoms with Crippen LogP contribution in [0.25, 0.3) is 5.65 Å². The molecule has 25 heavy (non-hydrogen) atoms. The Morgan fingerprint density at radius 3 is 2.60 bits per heavy atom. The molecule has 0 atom stereocenters. The molecule has 0 aliphatic carbocycles. The van der Waals surface area contributed by atoms with E-state index in [2.05, 4.69) is 15.4 Å². The third kappa shape index (κ3) is 4.35. The molecule has 2 amide bonds. The lowest BCUT2D eigenvalue weighted by Crippen LogP contribution is -2.40. The third-order valence-corrected chi connectivity index (χ3v) is 4.32. The number of hydrogen-bond donors (Lipinski definition) is 1. The number of hydrogen-bond acceptors (Lipinski definition) is 4. The first kappa shape index (κ1) is 18.9. The molecule has 0 aliphatic rings. The van der Waals surface area contributed by atoms with E-state index in [0.29, 0.717) is 25.9 Å². The number of likely N-dealkylation sites (N-methyl/N-ethyl adjacent to an activating group) is 2. The van der Waals surface area contributed by atoms with Crippen LogP contribution in [0.2, 0.25) is 0 Å². The van der Waals surface area contributed by atoms with Gasteiger partial charge in [0.05, 0.1) is 12.2 Å². The summed E-state index contributed by atoms with van der Waals surface area (Å²) in [6.45, 7) is 10.8. The maximum atomic E-state index is 12.5. The van der Waals surface area contributed by atoms with Gasteiger partial charge in [-0.05, 0) is 46.6 Å². The van der Waals surface area contributed by atoms with Gasteiger partial charge < -0.3 is 10.2 Å². The van der Waals surface area contributed by atoms with Gasteiger partial charge in [-0.2, -0.15) is 5.10 Å². The molecule has 0 saturated heterocycles. The molecular formula is C18H27N5O2. The normalized spacial score (nSPS) is 10.9. The van der Waals surface area contributed by atoms with Crippen LogP contribution >= 0.6 is 0 Å². The van der Waals surface area contributed by atoms with Crippen LogP contribution in [0.15, 0.2) is 6.07 Å². The lowest BCUT2D eigenvalue weighted by molar-refractivity contribution is -0.135. The minimum atomic E-state index is -0.125. The van der Waals surface area contributed by atoms with Gasteiger partial charge in [0.25, 0.3) is 0 Å². The van der Waals surface area contributed by atoms with Gasteiger partial charge in [-0.3, -0.25) is 9.59 Å². The molecule has 2 heterocycles. The Morgan fingerprint density at radius 2 is 1.96 bits per heavy atom. The lowest BCUT2D eigenvalue weighted by atomic mass is 10.1. The summed E-state index contributed by atoms with van der Waals surface area (Å²) >= 11 is 0. The van der Waals surface area contributed by atoms with Crippen molar-refractivity contribution in [1.82, 2.24) is 24.8 Å². The largest absolute Gasteiger partial charge is 0.355 e. The third-order valence-electron chi connectivity index (χ3n) is 4.32. The first-order valence-electron chi connectivity index (χ1n) is 8.74. The molecule has 2 aromatic rings. The standard InChI is InChI=1S/C18H27N5O2/c1-6-19-17(24)11-22(7-2)18(25)9-8-15-13(4)20-16-10-12(3)21-23(16)14(15)5/h10H,6-9,11H2,1-5H3,(H,19,24). The van der Waals surface area contributed by atoms with Crippen LogP contribution in [-0.2, 0) is 16.0 Å². The molecule has 0 spiro atoms. The molecule has 0 unspecified atom stereocenters. The number of amides is 2. The lowest BCUT2D eigenvalue weighted by Gasteiger charge is -2.20. The number of aryl methyl sites for hydroxylation is 3. The van der Waals surface area contributed by atoms with E-state index in [1.807, 2.05) is 45.2 Å². The monoisotopic (exact) mass is 345 g/mol. The highest BCUT2D eigenvalue weighted by atomic mass is 16.2. The summed E-state index contributed by atoms with van der Waals surface area (Å²) in [6, 6.07) is 1.94. The first-order chi connectivity index (χ1) is 11.9. The molecule has 0 saturated carbocycles. The van der Waals surface area contributed by atoms with Crippen LogP contribution in [0.4, 0.5) is 0 Å². The Kier molecular flexibility index (Phi) is 6.12. The minimum Gasteiger partial charge on any atom is -0.355 e. The van der Waals surface area contributed by atoms with Crippen molar-refractivity contribution in [2.75, 3.05) is 19.6 Å². The smallest absolute Gasteiger partial charge is 0.239 e. The topological polar surface area (TPSA) is 79.6 Å². The fourth-order valence-corrected chi connectivity index (χ4v) is 3.00. The predicted octanol–water partition coefficient (Wildman–Crippen LogP) is 1.57. The van der Waals surface area contributed by atoms with E-state index < -0.39 is 0 Å². The molecule has 136 valence electrons. The molecule has 7 heteroatoms. The average molecular weight is 345 g/mol. The van der Waals surface area contributed by atoms with Crippen LogP contribution in [0.3, 0.4) is 0 Å². The number of nitrogens with zero attached hydrogens (tertiary/aromatic N) is 4. The molecule has 1 N–H and O–H groups in total. The predicted molar refractivity (Wildman–Crippen MR) is 96.5 cm³/mol. The van der Waals surface area contributed by atoms with Crippen molar-refractivity contribution >= 4 is 17.5 Å². The zero-order valence-corrected chi connectivity index (χ0v) is 15.7. The maximum Gasteiger partial charge on any atom is 0.239 e. The van der Waals surface area contributed by atoms with Gasteiger partial charge in [0.2, 0.25) is 11.8 Å². The fourth-order valence-electron chi connectivity index (χ4n) is 3.00. The number of carbonyl (C=O) groups excluding carboxylic acids is 2. The van der Waals surface area contributed by atoms with Gasteiger partial charge in [-0.1, -0.05) is 0 Å². The Morgan fingerprint density at radius 1 is 1.24 bits per heavy atom. The van der Waals surface area contributed by atoms with Crippen molar-refractivity contribution < 1.29 is 9.59 Å². The second kappa shape index (κ2) is 8.09. The van der Waals surface area contributed by atoms with Crippen LogP contribution in [0.1, 0.15) is 42.9 Å². The first-order valence-corrected chi connectivity index (χ1v) is 8.74. The number of aromatic nitrogens is 3. The zero-order chi connectivity index (χ0) is 18.6. The van der Waals surface area contributed by atoms with Gasteiger partial charge in [-0.15, -0.1) is 0 Å². The van der Waals surface area contributed by atoms with Gasteiger partial charge in [-0.25, -0.2) is 9.50 Å². The van der Waals surface area contributed by atoms with Crippen LogP contribution in [0, 0.1) is 20.8 Å². The second-order valence-corrected chi connectivity index (χ2v) is 6.18. The summed E-state index contributed by atoms with van der Waals surface area (Å²) in [7, 11) is 0. The van der Waals surface area contributed by atoms with Gasteiger partial charge >= 0.3 is 0 Å². The highest BCUT2D eigenvalue weighted by Crippen LogP contribution is 2.17. The van der Waals surface area contributed by atoms with Gasteiger partial charge in [0, 0.05) is 37.0 Å². The molecular weight excluding hydrogens is 318 g/mol. The van der Waals surface area contributed by atoms with E-state index in [1.54, 1.807) is 4.90 Å². The second-order valence-electron chi connectivity index (χ2n) is 6.18. The van der Waals surface area contributed by atoms with Crippen molar-refractivity contribution in [3.63, 3.8) is 0 Å². The Balaban J connectivity index is 2.10. The van der Waals surface area contributed by atoms with Crippen molar-refractivity contribution in [3.05, 3.63) is 28.7 Å². The quantitative estimate of drug-likeness (QED) is 0.826. The van der Waals surface area contributed by atoms with Crippen LogP contribution in [-0.4, -0.2) is 50.9 Å². The molecule has 0 fully saturated rings. The summed E-state index contributed by atoms with van der Waals surface area (Å²) in [5.74, 6) is -0.149. The van der Waals surface area contributed by atoms with Crippen molar-refractivity contribution in [3.8, 4) is 0 Å². The fraction of sp³-hybridized carbons (Fsp3) is 0.556. The van der Waals surface area contributed by atoms with Crippen LogP contribution in [0.5, 0.6) is 0 Å². The van der Waals surface area contributed by atoms with E-state index >= 15 is 0 Å².